The van der Waals surface area contributed by atoms with Crippen molar-refractivity contribution >= 4 is 17.3 Å². The minimum atomic E-state index is -0.472. The molecular weight excluding hydrogens is 286 g/mol. The second kappa shape index (κ2) is 6.85. The Hall–Kier alpha value is -1.99. The first-order chi connectivity index (χ1) is 10.3. The molecule has 1 heterocycles. The zero-order valence-corrected chi connectivity index (χ0v) is 13.0. The number of ether oxygens (including phenoxy) is 1. The van der Waals surface area contributed by atoms with Gasteiger partial charge in [-0.05, 0) is 26.3 Å². The number of nitrogens with zero attached hydrogens (tertiary/aromatic N) is 2. The first-order valence-electron chi connectivity index (χ1n) is 7.28. The number of anilines is 1. The number of rotatable bonds is 4. The Balaban J connectivity index is 2.00. The van der Waals surface area contributed by atoms with Gasteiger partial charge in [0.1, 0.15) is 0 Å². The van der Waals surface area contributed by atoms with Gasteiger partial charge in [0, 0.05) is 25.2 Å². The van der Waals surface area contributed by atoms with E-state index in [0.29, 0.717) is 18.8 Å². The molecule has 1 aliphatic rings. The van der Waals surface area contributed by atoms with Crippen molar-refractivity contribution in [3.05, 3.63) is 33.9 Å². The number of nitrogens with one attached hydrogen (secondary N) is 1. The topological polar surface area (TPSA) is 84.7 Å². The number of hydrogen-bond donors (Lipinski definition) is 1. The number of morpholine rings is 1. The van der Waals surface area contributed by atoms with Crippen LogP contribution in [0.3, 0.4) is 0 Å². The number of non-ortho nitro benzene ring substituents is 1. The van der Waals surface area contributed by atoms with Crippen LogP contribution in [0.15, 0.2) is 18.2 Å². The summed E-state index contributed by atoms with van der Waals surface area (Å²) in [6.45, 7) is 7.41. The van der Waals surface area contributed by atoms with E-state index in [9.17, 15) is 14.9 Å². The molecule has 0 radical (unpaired) electrons. The van der Waals surface area contributed by atoms with Crippen LogP contribution < -0.4 is 5.32 Å². The van der Waals surface area contributed by atoms with E-state index in [-0.39, 0.29) is 30.3 Å². The third-order valence-corrected chi connectivity index (χ3v) is 3.57. The summed E-state index contributed by atoms with van der Waals surface area (Å²) in [7, 11) is 0. The minimum Gasteiger partial charge on any atom is -0.373 e. The van der Waals surface area contributed by atoms with E-state index in [1.54, 1.807) is 13.0 Å². The lowest BCUT2D eigenvalue weighted by Crippen LogP contribution is -2.48. The zero-order valence-electron chi connectivity index (χ0n) is 13.0. The summed E-state index contributed by atoms with van der Waals surface area (Å²) in [5.41, 5.74) is 1.24. The quantitative estimate of drug-likeness (QED) is 0.679. The third-order valence-electron chi connectivity index (χ3n) is 3.57. The van der Waals surface area contributed by atoms with Crippen molar-refractivity contribution < 1.29 is 14.5 Å². The Kier molecular flexibility index (Phi) is 5.10. The molecule has 1 N–H and O–H groups in total. The molecule has 0 aromatic heterocycles. The number of carbonyl (C=O) groups excluding carboxylic acids is 1. The molecule has 2 atom stereocenters. The molecule has 0 spiro atoms. The van der Waals surface area contributed by atoms with Crippen LogP contribution in [0.1, 0.15) is 19.4 Å². The average molecular weight is 307 g/mol. The maximum absolute atomic E-state index is 12.2. The van der Waals surface area contributed by atoms with Gasteiger partial charge in [-0.3, -0.25) is 19.8 Å². The first-order valence-corrected chi connectivity index (χ1v) is 7.28. The first kappa shape index (κ1) is 16.4. The van der Waals surface area contributed by atoms with Gasteiger partial charge < -0.3 is 10.1 Å². The number of nitro benzene ring substituents is 1. The lowest BCUT2D eigenvalue weighted by Gasteiger charge is -2.34. The standard InChI is InChI=1S/C15H21N3O4/c1-10-4-5-13(18(20)21)6-14(10)16-15(19)9-17-7-11(2)22-12(3)8-17/h4-6,11-12H,7-9H2,1-3H3,(H,16,19). The summed E-state index contributed by atoms with van der Waals surface area (Å²) in [4.78, 5) is 24.5. The third kappa shape index (κ3) is 4.25. The van der Waals surface area contributed by atoms with Gasteiger partial charge in [-0.1, -0.05) is 6.07 Å². The molecule has 0 saturated carbocycles. The predicted octanol–water partition coefficient (Wildman–Crippen LogP) is 1.95. The molecule has 2 rings (SSSR count). The van der Waals surface area contributed by atoms with Crippen molar-refractivity contribution in [2.75, 3.05) is 25.0 Å². The minimum absolute atomic E-state index is 0.0329. The second-order valence-electron chi connectivity index (χ2n) is 5.76. The Labute approximate surface area is 129 Å². The number of aryl methyl sites for hydroxylation is 1. The summed E-state index contributed by atoms with van der Waals surface area (Å²) in [6, 6.07) is 4.45. The van der Waals surface area contributed by atoms with Crippen molar-refractivity contribution in [3.8, 4) is 0 Å². The molecule has 0 aliphatic carbocycles. The summed E-state index contributed by atoms with van der Waals surface area (Å²) in [6.07, 6.45) is 0.187. The zero-order chi connectivity index (χ0) is 16.3. The van der Waals surface area contributed by atoms with Crippen molar-refractivity contribution in [2.24, 2.45) is 0 Å². The van der Waals surface area contributed by atoms with Crippen molar-refractivity contribution in [1.82, 2.24) is 4.90 Å². The monoisotopic (exact) mass is 307 g/mol. The fraction of sp³-hybridized carbons (Fsp3) is 0.533. The highest BCUT2D eigenvalue weighted by molar-refractivity contribution is 5.93. The molecule has 1 aromatic rings. The van der Waals surface area contributed by atoms with Gasteiger partial charge in [0.2, 0.25) is 5.91 Å². The number of carbonyl (C=O) groups is 1. The van der Waals surface area contributed by atoms with Crippen LogP contribution in [0.5, 0.6) is 0 Å². The van der Waals surface area contributed by atoms with Crippen molar-refractivity contribution in [1.29, 1.82) is 0 Å². The van der Waals surface area contributed by atoms with E-state index in [1.165, 1.54) is 12.1 Å². The molecule has 120 valence electrons. The molecule has 1 aromatic carbocycles. The maximum atomic E-state index is 12.2. The van der Waals surface area contributed by atoms with Crippen LogP contribution >= 0.6 is 0 Å². The molecule has 1 aliphatic heterocycles. The Morgan fingerprint density at radius 3 is 2.64 bits per heavy atom. The second-order valence-corrected chi connectivity index (χ2v) is 5.76. The van der Waals surface area contributed by atoms with E-state index in [2.05, 4.69) is 5.32 Å². The van der Waals surface area contributed by atoms with E-state index in [4.69, 9.17) is 4.74 Å². The molecule has 1 fully saturated rings. The highest BCUT2D eigenvalue weighted by Gasteiger charge is 2.24. The highest BCUT2D eigenvalue weighted by atomic mass is 16.6. The van der Waals surface area contributed by atoms with Crippen LogP contribution in [-0.2, 0) is 9.53 Å². The Bertz CT molecular complexity index is 566. The number of hydrogen-bond acceptors (Lipinski definition) is 5. The molecule has 1 amide bonds. The highest BCUT2D eigenvalue weighted by Crippen LogP contribution is 2.22. The summed E-state index contributed by atoms with van der Waals surface area (Å²) in [5, 5.41) is 13.6. The molecule has 22 heavy (non-hydrogen) atoms. The normalized spacial score (nSPS) is 22.3. The van der Waals surface area contributed by atoms with Crippen molar-refractivity contribution in [2.45, 2.75) is 33.0 Å². The Morgan fingerprint density at radius 1 is 1.41 bits per heavy atom. The lowest BCUT2D eigenvalue weighted by molar-refractivity contribution is -0.384. The maximum Gasteiger partial charge on any atom is 0.271 e. The molecule has 1 saturated heterocycles. The van der Waals surface area contributed by atoms with Gasteiger partial charge in [0.25, 0.3) is 5.69 Å². The van der Waals surface area contributed by atoms with E-state index < -0.39 is 4.92 Å². The molecule has 0 bridgehead atoms. The van der Waals surface area contributed by atoms with Gasteiger partial charge in [0.05, 0.1) is 29.4 Å². The van der Waals surface area contributed by atoms with E-state index in [0.717, 1.165) is 5.56 Å². The van der Waals surface area contributed by atoms with Crippen molar-refractivity contribution in [3.63, 3.8) is 0 Å². The fourth-order valence-electron chi connectivity index (χ4n) is 2.66. The van der Waals surface area contributed by atoms with Gasteiger partial charge >= 0.3 is 0 Å². The summed E-state index contributed by atoms with van der Waals surface area (Å²) < 4.78 is 5.63. The average Bonchev–Trinajstić information content (AvgIpc) is 2.39. The lowest BCUT2D eigenvalue weighted by atomic mass is 10.1. The smallest absolute Gasteiger partial charge is 0.271 e. The summed E-state index contributed by atoms with van der Waals surface area (Å²) >= 11 is 0. The van der Waals surface area contributed by atoms with Crippen LogP contribution in [-0.4, -0.2) is 47.6 Å². The van der Waals surface area contributed by atoms with Crippen LogP contribution in [0, 0.1) is 17.0 Å². The Morgan fingerprint density at radius 2 is 2.05 bits per heavy atom. The van der Waals surface area contributed by atoms with E-state index in [1.807, 2.05) is 18.7 Å². The SMILES string of the molecule is Cc1ccc([N+](=O)[O-])cc1NC(=O)CN1CC(C)OC(C)C1. The molecule has 2 unspecified atom stereocenters. The predicted molar refractivity (Wildman–Crippen MR) is 82.9 cm³/mol. The van der Waals surface area contributed by atoms with Gasteiger partial charge in [-0.15, -0.1) is 0 Å². The molecular formula is C15H21N3O4. The van der Waals surface area contributed by atoms with Gasteiger partial charge in [-0.25, -0.2) is 0 Å². The molecule has 7 nitrogen and oxygen atoms in total. The van der Waals surface area contributed by atoms with Crippen LogP contribution in [0.2, 0.25) is 0 Å². The number of amides is 1. The van der Waals surface area contributed by atoms with E-state index >= 15 is 0 Å². The molecule has 7 heteroatoms. The number of benzene rings is 1. The van der Waals surface area contributed by atoms with Gasteiger partial charge in [0.15, 0.2) is 0 Å². The fourth-order valence-corrected chi connectivity index (χ4v) is 2.66. The number of nitro groups is 1. The largest absolute Gasteiger partial charge is 0.373 e. The van der Waals surface area contributed by atoms with Crippen LogP contribution in [0.4, 0.5) is 11.4 Å². The van der Waals surface area contributed by atoms with Crippen LogP contribution in [0.25, 0.3) is 0 Å². The van der Waals surface area contributed by atoms with Gasteiger partial charge in [-0.2, -0.15) is 0 Å². The summed E-state index contributed by atoms with van der Waals surface area (Å²) in [5.74, 6) is -0.176.